The van der Waals surface area contributed by atoms with Crippen LogP contribution < -0.4 is 0 Å². The summed E-state index contributed by atoms with van der Waals surface area (Å²) in [6.45, 7) is 0. The van der Waals surface area contributed by atoms with E-state index in [0.717, 1.165) is 11.4 Å². The molecule has 0 spiro atoms. The summed E-state index contributed by atoms with van der Waals surface area (Å²) in [5, 5.41) is 18.4. The average molecular weight is 326 g/mol. The van der Waals surface area contributed by atoms with Crippen molar-refractivity contribution in [1.29, 1.82) is 0 Å². The number of nitrogens with zero attached hydrogens (tertiary/aromatic N) is 3. The van der Waals surface area contributed by atoms with E-state index in [-0.39, 0.29) is 5.92 Å². The average Bonchev–Trinajstić information content (AvgIpc) is 2.93. The lowest BCUT2D eigenvalue weighted by Crippen LogP contribution is -2.14. The number of aryl methyl sites for hydroxylation is 1. The third-order valence-electron chi connectivity index (χ3n) is 3.22. The van der Waals surface area contributed by atoms with Gasteiger partial charge in [-0.05, 0) is 27.6 Å². The van der Waals surface area contributed by atoms with Crippen LogP contribution in [0.25, 0.3) is 0 Å². The third-order valence-corrected chi connectivity index (χ3v) is 5.00. The largest absolute Gasteiger partial charge is 0.386 e. The van der Waals surface area contributed by atoms with Gasteiger partial charge in [-0.15, -0.1) is 16.9 Å². The number of aliphatic hydroxyl groups excluding tert-OH is 1. The van der Waals surface area contributed by atoms with Crippen LogP contribution >= 0.6 is 27.7 Å². The van der Waals surface area contributed by atoms with Gasteiger partial charge in [0.25, 0.3) is 0 Å². The van der Waals surface area contributed by atoms with Gasteiger partial charge >= 0.3 is 0 Å². The van der Waals surface area contributed by atoms with Crippen molar-refractivity contribution in [3.05, 3.63) is 40.1 Å². The highest BCUT2D eigenvalue weighted by molar-refractivity contribution is 9.10. The van der Waals surface area contributed by atoms with Crippen molar-refractivity contribution < 1.29 is 5.11 Å². The van der Waals surface area contributed by atoms with Crippen LogP contribution in [0.5, 0.6) is 0 Å². The predicted octanol–water partition coefficient (Wildman–Crippen LogP) is 2.50. The topological polar surface area (TPSA) is 50.9 Å². The van der Waals surface area contributed by atoms with Crippen molar-refractivity contribution in [3.63, 3.8) is 0 Å². The molecule has 4 nitrogen and oxygen atoms in total. The van der Waals surface area contributed by atoms with Gasteiger partial charge in [0, 0.05) is 23.6 Å². The van der Waals surface area contributed by atoms with Gasteiger partial charge in [0.1, 0.15) is 11.8 Å². The van der Waals surface area contributed by atoms with Gasteiger partial charge in [-0.3, -0.25) is 0 Å². The number of rotatable bonds is 2. The molecule has 2 aromatic rings. The highest BCUT2D eigenvalue weighted by Crippen LogP contribution is 2.46. The molecule has 0 fully saturated rings. The molecule has 2 unspecified atom stereocenters. The van der Waals surface area contributed by atoms with E-state index in [4.69, 9.17) is 0 Å². The predicted molar refractivity (Wildman–Crippen MR) is 73.6 cm³/mol. The first-order valence-corrected chi connectivity index (χ1v) is 7.41. The molecule has 18 heavy (non-hydrogen) atoms. The number of halogens is 1. The van der Waals surface area contributed by atoms with Crippen molar-refractivity contribution in [2.45, 2.75) is 16.9 Å². The number of hydrogen-bond donors (Lipinski definition) is 1. The zero-order chi connectivity index (χ0) is 12.7. The first kappa shape index (κ1) is 12.2. The Morgan fingerprint density at radius 1 is 1.50 bits per heavy atom. The van der Waals surface area contributed by atoms with Crippen LogP contribution in [-0.2, 0) is 7.05 Å². The fraction of sp³-hybridized carbons (Fsp3) is 0.333. The summed E-state index contributed by atoms with van der Waals surface area (Å²) < 4.78 is 2.24. The Morgan fingerprint density at radius 2 is 2.28 bits per heavy atom. The minimum atomic E-state index is -0.587. The number of fused-ring (bicyclic) bond motifs is 1. The molecule has 0 saturated carbocycles. The molecule has 0 saturated heterocycles. The molecule has 0 radical (unpaired) electrons. The molecule has 1 aliphatic heterocycles. The Kier molecular flexibility index (Phi) is 3.17. The lowest BCUT2D eigenvalue weighted by atomic mass is 9.94. The number of aliphatic hydroxyl groups is 1. The first-order valence-electron chi connectivity index (χ1n) is 5.63. The molecule has 1 N–H and O–H groups in total. The van der Waals surface area contributed by atoms with Crippen molar-refractivity contribution in [1.82, 2.24) is 15.0 Å². The van der Waals surface area contributed by atoms with E-state index < -0.39 is 6.10 Å². The standard InChI is InChI=1S/C12H12BrN3OS/c1-16-10(12(13)14-15-16)11(17)8-6-18-9-5-3-2-4-7(8)9/h2-5,8,11,17H,6H2,1H3. The van der Waals surface area contributed by atoms with Gasteiger partial charge in [-0.1, -0.05) is 23.4 Å². The summed E-state index contributed by atoms with van der Waals surface area (Å²) >= 11 is 5.13. The molecule has 0 aliphatic carbocycles. The molecule has 94 valence electrons. The van der Waals surface area contributed by atoms with Gasteiger partial charge in [-0.25, -0.2) is 4.68 Å². The zero-order valence-corrected chi connectivity index (χ0v) is 12.1. The summed E-state index contributed by atoms with van der Waals surface area (Å²) in [4.78, 5) is 1.26. The monoisotopic (exact) mass is 325 g/mol. The second kappa shape index (κ2) is 4.68. The second-order valence-electron chi connectivity index (χ2n) is 4.29. The van der Waals surface area contributed by atoms with Crippen LogP contribution in [0.15, 0.2) is 33.8 Å². The number of hydrogen-bond acceptors (Lipinski definition) is 4. The minimum Gasteiger partial charge on any atom is -0.386 e. The van der Waals surface area contributed by atoms with Crippen LogP contribution in [0.3, 0.4) is 0 Å². The normalized spacial score (nSPS) is 19.8. The molecule has 6 heteroatoms. The van der Waals surface area contributed by atoms with Crippen molar-refractivity contribution >= 4 is 27.7 Å². The Hall–Kier alpha value is -0.850. The van der Waals surface area contributed by atoms with Crippen molar-refractivity contribution in [3.8, 4) is 0 Å². The third kappa shape index (κ3) is 1.88. The van der Waals surface area contributed by atoms with Crippen LogP contribution in [0.1, 0.15) is 23.3 Å². The van der Waals surface area contributed by atoms with Gasteiger partial charge in [0.05, 0.1) is 0 Å². The zero-order valence-electron chi connectivity index (χ0n) is 9.75. The fourth-order valence-corrected chi connectivity index (χ4v) is 4.14. The molecule has 0 bridgehead atoms. The van der Waals surface area contributed by atoms with Crippen LogP contribution in [-0.4, -0.2) is 25.9 Å². The smallest absolute Gasteiger partial charge is 0.154 e. The fourth-order valence-electron chi connectivity index (χ4n) is 2.29. The van der Waals surface area contributed by atoms with E-state index in [9.17, 15) is 5.11 Å². The lowest BCUT2D eigenvalue weighted by molar-refractivity contribution is 0.143. The highest BCUT2D eigenvalue weighted by Gasteiger charge is 2.33. The molecule has 2 atom stereocenters. The minimum absolute atomic E-state index is 0.0969. The van der Waals surface area contributed by atoms with Crippen molar-refractivity contribution in [2.75, 3.05) is 5.75 Å². The molecule has 1 aromatic carbocycles. The number of benzene rings is 1. The van der Waals surface area contributed by atoms with E-state index in [0.29, 0.717) is 4.60 Å². The second-order valence-corrected chi connectivity index (χ2v) is 6.10. The quantitative estimate of drug-likeness (QED) is 0.921. The van der Waals surface area contributed by atoms with Gasteiger partial charge in [0.15, 0.2) is 4.60 Å². The number of thioether (sulfide) groups is 1. The molecule has 3 rings (SSSR count). The summed E-state index contributed by atoms with van der Waals surface area (Å²) in [5.41, 5.74) is 1.94. The lowest BCUT2D eigenvalue weighted by Gasteiger charge is -2.18. The Bertz CT molecular complexity index is 567. The summed E-state index contributed by atoms with van der Waals surface area (Å²) in [5.74, 6) is 0.984. The van der Waals surface area contributed by atoms with Crippen molar-refractivity contribution in [2.24, 2.45) is 7.05 Å². The van der Waals surface area contributed by atoms with Crippen LogP contribution in [0.2, 0.25) is 0 Å². The summed E-state index contributed by atoms with van der Waals surface area (Å²) in [7, 11) is 1.80. The maximum absolute atomic E-state index is 10.6. The Balaban J connectivity index is 1.98. The van der Waals surface area contributed by atoms with Gasteiger partial charge in [-0.2, -0.15) is 0 Å². The molecular weight excluding hydrogens is 314 g/mol. The van der Waals surface area contributed by atoms with Gasteiger partial charge in [0.2, 0.25) is 0 Å². The molecule has 1 aliphatic rings. The van der Waals surface area contributed by atoms with E-state index in [1.807, 2.05) is 12.1 Å². The highest BCUT2D eigenvalue weighted by atomic mass is 79.9. The van der Waals surface area contributed by atoms with Crippen LogP contribution in [0, 0.1) is 0 Å². The van der Waals surface area contributed by atoms with Crippen LogP contribution in [0.4, 0.5) is 0 Å². The Labute approximate surface area is 118 Å². The number of aromatic nitrogens is 3. The Morgan fingerprint density at radius 3 is 3.00 bits per heavy atom. The molecule has 0 amide bonds. The van der Waals surface area contributed by atoms with E-state index in [1.54, 1.807) is 23.5 Å². The summed E-state index contributed by atoms with van der Waals surface area (Å²) in [6.07, 6.45) is -0.587. The van der Waals surface area contributed by atoms with E-state index in [2.05, 4.69) is 38.4 Å². The summed E-state index contributed by atoms with van der Waals surface area (Å²) in [6, 6.07) is 8.23. The SMILES string of the molecule is Cn1nnc(Br)c1C(O)C1CSc2ccccc21. The van der Waals surface area contributed by atoms with E-state index in [1.165, 1.54) is 10.5 Å². The maximum atomic E-state index is 10.6. The van der Waals surface area contributed by atoms with E-state index >= 15 is 0 Å². The van der Waals surface area contributed by atoms with Gasteiger partial charge < -0.3 is 5.11 Å². The first-order chi connectivity index (χ1) is 8.68. The maximum Gasteiger partial charge on any atom is 0.154 e. The molecule has 2 heterocycles. The molecular formula is C12H12BrN3OS. The molecule has 1 aromatic heterocycles.